The molecule has 0 bridgehead atoms. The normalized spacial score (nSPS) is 10.7. The van der Waals surface area contributed by atoms with Gasteiger partial charge in [0.2, 0.25) is 5.88 Å². The van der Waals surface area contributed by atoms with E-state index in [4.69, 9.17) is 4.74 Å². The Morgan fingerprint density at radius 3 is 3.00 bits per heavy atom. The minimum absolute atomic E-state index is 0.659. The van der Waals surface area contributed by atoms with E-state index < -0.39 is 0 Å². The number of pyridine rings is 1. The average molecular weight is 255 g/mol. The molecular formula is C10H11BrN2O. The lowest BCUT2D eigenvalue weighted by Gasteiger charge is -2.02. The number of hydrogen-bond donors (Lipinski definition) is 0. The standard InChI is InChI=1S/C10H11BrN2O/c1-14-9-3-2-8-4-6-13(7-5-11)10(8)12-9/h2-4,6H,5,7H2,1H3. The molecule has 0 aliphatic rings. The van der Waals surface area contributed by atoms with Gasteiger partial charge in [-0.3, -0.25) is 0 Å². The van der Waals surface area contributed by atoms with E-state index in [0.717, 1.165) is 22.9 Å². The van der Waals surface area contributed by atoms with Crippen molar-refractivity contribution >= 4 is 27.0 Å². The van der Waals surface area contributed by atoms with Crippen LogP contribution in [-0.2, 0) is 6.54 Å². The van der Waals surface area contributed by atoms with Gasteiger partial charge in [-0.05, 0) is 12.1 Å². The fourth-order valence-corrected chi connectivity index (χ4v) is 1.81. The lowest BCUT2D eigenvalue weighted by molar-refractivity contribution is 0.399. The van der Waals surface area contributed by atoms with Crippen LogP contribution in [0.3, 0.4) is 0 Å². The zero-order valence-corrected chi connectivity index (χ0v) is 9.49. The first-order valence-electron chi connectivity index (χ1n) is 4.41. The molecule has 2 aromatic heterocycles. The molecule has 2 aromatic rings. The summed E-state index contributed by atoms with van der Waals surface area (Å²) >= 11 is 3.41. The Morgan fingerprint density at radius 2 is 2.29 bits per heavy atom. The fourth-order valence-electron chi connectivity index (χ4n) is 1.43. The van der Waals surface area contributed by atoms with Gasteiger partial charge in [-0.1, -0.05) is 15.9 Å². The summed E-state index contributed by atoms with van der Waals surface area (Å²) < 4.78 is 7.19. The third kappa shape index (κ3) is 1.62. The highest BCUT2D eigenvalue weighted by Crippen LogP contribution is 2.17. The Morgan fingerprint density at radius 1 is 1.43 bits per heavy atom. The summed E-state index contributed by atoms with van der Waals surface area (Å²) in [7, 11) is 1.63. The fraction of sp³-hybridized carbons (Fsp3) is 0.300. The van der Waals surface area contributed by atoms with E-state index in [9.17, 15) is 0 Å². The minimum atomic E-state index is 0.659. The van der Waals surface area contributed by atoms with Crippen molar-refractivity contribution in [3.05, 3.63) is 24.4 Å². The maximum absolute atomic E-state index is 5.09. The van der Waals surface area contributed by atoms with Crippen molar-refractivity contribution in [3.8, 4) is 5.88 Å². The summed E-state index contributed by atoms with van der Waals surface area (Å²) in [5.41, 5.74) is 0.976. The third-order valence-electron chi connectivity index (χ3n) is 2.12. The number of hydrogen-bond acceptors (Lipinski definition) is 2. The van der Waals surface area contributed by atoms with Crippen molar-refractivity contribution in [3.63, 3.8) is 0 Å². The molecule has 2 heterocycles. The van der Waals surface area contributed by atoms with Crippen molar-refractivity contribution in [2.45, 2.75) is 6.54 Å². The van der Waals surface area contributed by atoms with Gasteiger partial charge >= 0.3 is 0 Å². The molecule has 0 N–H and O–H groups in total. The molecule has 74 valence electrons. The first kappa shape index (κ1) is 9.52. The Kier molecular flexibility index (Phi) is 2.72. The van der Waals surface area contributed by atoms with Crippen LogP contribution in [0.2, 0.25) is 0 Å². The van der Waals surface area contributed by atoms with Crippen LogP contribution in [0.4, 0.5) is 0 Å². The average Bonchev–Trinajstić information content (AvgIpc) is 2.61. The molecule has 4 heteroatoms. The van der Waals surface area contributed by atoms with E-state index in [1.54, 1.807) is 7.11 Å². The van der Waals surface area contributed by atoms with Gasteiger partial charge in [0, 0.05) is 29.5 Å². The molecule has 0 aromatic carbocycles. The van der Waals surface area contributed by atoms with Crippen molar-refractivity contribution in [1.82, 2.24) is 9.55 Å². The van der Waals surface area contributed by atoms with E-state index in [2.05, 4.69) is 31.5 Å². The predicted molar refractivity (Wildman–Crippen MR) is 60.1 cm³/mol. The zero-order chi connectivity index (χ0) is 9.97. The number of rotatable bonds is 3. The smallest absolute Gasteiger partial charge is 0.214 e. The third-order valence-corrected chi connectivity index (χ3v) is 2.48. The SMILES string of the molecule is COc1ccc2ccn(CCBr)c2n1. The molecule has 0 radical (unpaired) electrons. The summed E-state index contributed by atoms with van der Waals surface area (Å²) in [6, 6.07) is 5.96. The summed E-state index contributed by atoms with van der Waals surface area (Å²) in [5.74, 6) is 0.659. The summed E-state index contributed by atoms with van der Waals surface area (Å²) in [5, 5.41) is 2.07. The Labute approximate surface area is 90.8 Å². The van der Waals surface area contributed by atoms with Crippen LogP contribution in [0, 0.1) is 0 Å². The van der Waals surface area contributed by atoms with E-state index in [0.29, 0.717) is 5.88 Å². The second-order valence-electron chi connectivity index (χ2n) is 2.96. The molecule has 0 aliphatic heterocycles. The number of ether oxygens (including phenoxy) is 1. The lowest BCUT2D eigenvalue weighted by atomic mass is 10.3. The van der Waals surface area contributed by atoms with Gasteiger partial charge in [0.1, 0.15) is 5.65 Å². The molecule has 0 saturated carbocycles. The highest BCUT2D eigenvalue weighted by Gasteiger charge is 2.02. The summed E-state index contributed by atoms with van der Waals surface area (Å²) in [6.07, 6.45) is 2.04. The van der Waals surface area contributed by atoms with E-state index in [1.807, 2.05) is 18.3 Å². The highest BCUT2D eigenvalue weighted by atomic mass is 79.9. The quantitative estimate of drug-likeness (QED) is 0.787. The predicted octanol–water partition coefficient (Wildman–Crippen LogP) is 2.44. The Hall–Kier alpha value is -1.03. The number of nitrogens with zero attached hydrogens (tertiary/aromatic N) is 2. The number of fused-ring (bicyclic) bond motifs is 1. The first-order valence-corrected chi connectivity index (χ1v) is 5.53. The van der Waals surface area contributed by atoms with E-state index in [1.165, 1.54) is 0 Å². The van der Waals surface area contributed by atoms with Crippen LogP contribution in [0.15, 0.2) is 24.4 Å². The Balaban J connectivity index is 2.52. The number of halogens is 1. The van der Waals surface area contributed by atoms with Gasteiger partial charge < -0.3 is 9.30 Å². The van der Waals surface area contributed by atoms with E-state index in [-0.39, 0.29) is 0 Å². The maximum Gasteiger partial charge on any atom is 0.214 e. The van der Waals surface area contributed by atoms with Crippen LogP contribution in [-0.4, -0.2) is 22.0 Å². The molecular weight excluding hydrogens is 244 g/mol. The highest BCUT2D eigenvalue weighted by molar-refractivity contribution is 9.09. The molecule has 0 saturated heterocycles. The number of methoxy groups -OCH3 is 1. The lowest BCUT2D eigenvalue weighted by Crippen LogP contribution is -1.98. The monoisotopic (exact) mass is 254 g/mol. The second-order valence-corrected chi connectivity index (χ2v) is 3.76. The molecule has 2 rings (SSSR count). The van der Waals surface area contributed by atoms with Gasteiger partial charge in [-0.25, -0.2) is 0 Å². The Bertz CT molecular complexity index is 439. The van der Waals surface area contributed by atoms with Gasteiger partial charge in [0.05, 0.1) is 7.11 Å². The molecule has 0 spiro atoms. The molecule has 3 nitrogen and oxygen atoms in total. The van der Waals surface area contributed by atoms with Crippen LogP contribution < -0.4 is 4.74 Å². The second kappa shape index (κ2) is 4.00. The molecule has 0 unspecified atom stereocenters. The topological polar surface area (TPSA) is 27.1 Å². The van der Waals surface area contributed by atoms with Crippen molar-refractivity contribution in [2.75, 3.05) is 12.4 Å². The van der Waals surface area contributed by atoms with Crippen molar-refractivity contribution < 1.29 is 4.74 Å². The molecule has 0 fully saturated rings. The molecule has 0 atom stereocenters. The maximum atomic E-state index is 5.09. The minimum Gasteiger partial charge on any atom is -0.481 e. The summed E-state index contributed by atoms with van der Waals surface area (Å²) in [4.78, 5) is 4.39. The number of alkyl halides is 1. The van der Waals surface area contributed by atoms with Gasteiger partial charge in [-0.2, -0.15) is 4.98 Å². The largest absolute Gasteiger partial charge is 0.481 e. The molecule has 0 aliphatic carbocycles. The van der Waals surface area contributed by atoms with Gasteiger partial charge in [-0.15, -0.1) is 0 Å². The first-order chi connectivity index (χ1) is 6.85. The van der Waals surface area contributed by atoms with Gasteiger partial charge in [0.15, 0.2) is 0 Å². The van der Waals surface area contributed by atoms with E-state index >= 15 is 0 Å². The molecule has 0 amide bonds. The zero-order valence-electron chi connectivity index (χ0n) is 7.90. The van der Waals surface area contributed by atoms with Crippen molar-refractivity contribution in [2.24, 2.45) is 0 Å². The summed E-state index contributed by atoms with van der Waals surface area (Å²) in [6.45, 7) is 0.920. The van der Waals surface area contributed by atoms with Crippen LogP contribution in [0.5, 0.6) is 5.88 Å². The van der Waals surface area contributed by atoms with Crippen LogP contribution >= 0.6 is 15.9 Å². The molecule has 14 heavy (non-hydrogen) atoms. The van der Waals surface area contributed by atoms with Crippen LogP contribution in [0.1, 0.15) is 0 Å². The van der Waals surface area contributed by atoms with Gasteiger partial charge in [0.25, 0.3) is 0 Å². The van der Waals surface area contributed by atoms with Crippen LogP contribution in [0.25, 0.3) is 11.0 Å². The number of aryl methyl sites for hydroxylation is 1. The number of aromatic nitrogens is 2. The van der Waals surface area contributed by atoms with Crippen molar-refractivity contribution in [1.29, 1.82) is 0 Å².